The lowest BCUT2D eigenvalue weighted by Crippen LogP contribution is -2.25. The van der Waals surface area contributed by atoms with Crippen LogP contribution in [0.4, 0.5) is 0 Å². The second kappa shape index (κ2) is 7.04. The van der Waals surface area contributed by atoms with Crippen molar-refractivity contribution in [2.75, 3.05) is 6.54 Å². The molecule has 1 aromatic heterocycles. The summed E-state index contributed by atoms with van der Waals surface area (Å²) < 4.78 is 0. The molecule has 2 rings (SSSR count). The van der Waals surface area contributed by atoms with Gasteiger partial charge >= 0.3 is 5.97 Å². The fraction of sp³-hybridized carbons (Fsp3) is 0.250. The minimum atomic E-state index is -0.942. The Balaban J connectivity index is 1.92. The van der Waals surface area contributed by atoms with Crippen LogP contribution in [0.1, 0.15) is 37.4 Å². The number of benzene rings is 1. The number of aromatic carboxylic acids is 1. The number of carbonyl (C=O) groups excluding carboxylic acids is 1. The van der Waals surface area contributed by atoms with E-state index in [-0.39, 0.29) is 11.5 Å². The molecule has 0 saturated carbocycles. The molecule has 1 amide bonds. The lowest BCUT2D eigenvalue weighted by Gasteiger charge is -2.06. The van der Waals surface area contributed by atoms with Gasteiger partial charge in [-0.25, -0.2) is 4.79 Å². The molecule has 2 N–H and O–H groups in total. The fourth-order valence-electron chi connectivity index (χ4n) is 2.03. The topological polar surface area (TPSA) is 66.4 Å². The molecule has 0 atom stereocenters. The molecule has 0 aliphatic heterocycles. The van der Waals surface area contributed by atoms with Crippen LogP contribution in [0.3, 0.4) is 0 Å². The van der Waals surface area contributed by atoms with Gasteiger partial charge < -0.3 is 10.4 Å². The average Bonchev–Trinajstić information content (AvgIpc) is 2.96. The molecular formula is C16H17NO3S. The first-order chi connectivity index (χ1) is 10.1. The number of thiophene rings is 1. The molecule has 0 spiro atoms. The van der Waals surface area contributed by atoms with Crippen molar-refractivity contribution in [3.8, 4) is 0 Å². The van der Waals surface area contributed by atoms with Gasteiger partial charge in [-0.1, -0.05) is 25.1 Å². The van der Waals surface area contributed by atoms with E-state index >= 15 is 0 Å². The zero-order chi connectivity index (χ0) is 15.2. The van der Waals surface area contributed by atoms with Crippen molar-refractivity contribution in [1.82, 2.24) is 5.32 Å². The maximum Gasteiger partial charge on any atom is 0.335 e. The first-order valence-corrected chi connectivity index (χ1v) is 7.61. The molecule has 5 heteroatoms. The first-order valence-electron chi connectivity index (χ1n) is 6.80. The molecule has 110 valence electrons. The zero-order valence-electron chi connectivity index (χ0n) is 11.8. The standard InChI is InChI=1S/C16H17NO3S/c1-2-12-7-8-14(21-12)15(18)17-10-9-11-5-3-4-6-13(11)16(19)20/h3-8H,2,9-10H2,1H3,(H,17,18)(H,19,20). The van der Waals surface area contributed by atoms with Crippen LogP contribution in [0, 0.1) is 0 Å². The number of rotatable bonds is 6. The molecular weight excluding hydrogens is 286 g/mol. The van der Waals surface area contributed by atoms with E-state index in [9.17, 15) is 9.59 Å². The number of aryl methyl sites for hydroxylation is 1. The summed E-state index contributed by atoms with van der Waals surface area (Å²) >= 11 is 1.49. The monoisotopic (exact) mass is 303 g/mol. The van der Waals surface area contributed by atoms with E-state index in [2.05, 4.69) is 12.2 Å². The van der Waals surface area contributed by atoms with E-state index in [4.69, 9.17) is 5.11 Å². The molecule has 0 unspecified atom stereocenters. The van der Waals surface area contributed by atoms with Gasteiger partial charge in [0.25, 0.3) is 5.91 Å². The largest absolute Gasteiger partial charge is 0.478 e. The summed E-state index contributed by atoms with van der Waals surface area (Å²) in [4.78, 5) is 24.9. The quantitative estimate of drug-likeness (QED) is 0.862. The van der Waals surface area contributed by atoms with E-state index in [1.165, 1.54) is 16.2 Å². The third-order valence-electron chi connectivity index (χ3n) is 3.16. The van der Waals surface area contributed by atoms with Crippen molar-refractivity contribution in [2.24, 2.45) is 0 Å². The van der Waals surface area contributed by atoms with Crippen LogP contribution < -0.4 is 5.32 Å². The van der Waals surface area contributed by atoms with Gasteiger partial charge in [-0.3, -0.25) is 4.79 Å². The van der Waals surface area contributed by atoms with Gasteiger partial charge in [0, 0.05) is 11.4 Å². The predicted molar refractivity (Wildman–Crippen MR) is 83.1 cm³/mol. The number of carboxylic acid groups (broad SMARTS) is 1. The fourth-order valence-corrected chi connectivity index (χ4v) is 2.90. The van der Waals surface area contributed by atoms with Crippen molar-refractivity contribution in [3.63, 3.8) is 0 Å². The van der Waals surface area contributed by atoms with E-state index in [0.717, 1.165) is 12.0 Å². The second-order valence-electron chi connectivity index (χ2n) is 4.59. The van der Waals surface area contributed by atoms with Crippen molar-refractivity contribution in [2.45, 2.75) is 19.8 Å². The van der Waals surface area contributed by atoms with Gasteiger partial charge in [-0.15, -0.1) is 11.3 Å². The molecule has 1 heterocycles. The minimum Gasteiger partial charge on any atom is -0.478 e. The maximum absolute atomic E-state index is 12.0. The Morgan fingerprint density at radius 2 is 1.95 bits per heavy atom. The number of nitrogens with one attached hydrogen (secondary N) is 1. The molecule has 1 aromatic carbocycles. The van der Waals surface area contributed by atoms with Gasteiger partial charge in [0.15, 0.2) is 0 Å². The smallest absolute Gasteiger partial charge is 0.335 e. The Morgan fingerprint density at radius 3 is 2.62 bits per heavy atom. The molecule has 4 nitrogen and oxygen atoms in total. The van der Waals surface area contributed by atoms with E-state index in [0.29, 0.717) is 17.8 Å². The van der Waals surface area contributed by atoms with E-state index in [1.54, 1.807) is 24.3 Å². The SMILES string of the molecule is CCc1ccc(C(=O)NCCc2ccccc2C(=O)O)s1. The number of hydrogen-bond acceptors (Lipinski definition) is 3. The summed E-state index contributed by atoms with van der Waals surface area (Å²) in [6.45, 7) is 2.47. The van der Waals surface area contributed by atoms with Crippen LogP contribution in [0.25, 0.3) is 0 Å². The van der Waals surface area contributed by atoms with Crippen LogP contribution in [-0.4, -0.2) is 23.5 Å². The minimum absolute atomic E-state index is 0.104. The summed E-state index contributed by atoms with van der Waals surface area (Å²) in [5.41, 5.74) is 1.02. The normalized spacial score (nSPS) is 10.3. The van der Waals surface area contributed by atoms with Crippen LogP contribution in [0.5, 0.6) is 0 Å². The summed E-state index contributed by atoms with van der Waals surface area (Å²) in [5, 5.41) is 11.9. The van der Waals surface area contributed by atoms with Crippen LogP contribution in [0.2, 0.25) is 0 Å². The molecule has 0 saturated heterocycles. The van der Waals surface area contributed by atoms with Crippen molar-refractivity contribution in [1.29, 1.82) is 0 Å². The molecule has 0 aliphatic carbocycles. The second-order valence-corrected chi connectivity index (χ2v) is 5.76. The number of carbonyl (C=O) groups is 2. The Labute approximate surface area is 127 Å². The predicted octanol–water partition coefficient (Wildman–Crippen LogP) is 2.98. The van der Waals surface area contributed by atoms with Gasteiger partial charge in [-0.05, 0) is 36.6 Å². The molecule has 0 fully saturated rings. The molecule has 0 bridgehead atoms. The highest BCUT2D eigenvalue weighted by Crippen LogP contribution is 2.16. The Bertz CT molecular complexity index is 648. The maximum atomic E-state index is 12.0. The van der Waals surface area contributed by atoms with Crippen molar-refractivity contribution >= 4 is 23.2 Å². The summed E-state index contributed by atoms with van der Waals surface area (Å²) in [6.07, 6.45) is 1.42. The molecule has 0 radical (unpaired) electrons. The summed E-state index contributed by atoms with van der Waals surface area (Å²) in [7, 11) is 0. The lowest BCUT2D eigenvalue weighted by atomic mass is 10.0. The third kappa shape index (κ3) is 3.92. The van der Waals surface area contributed by atoms with Crippen LogP contribution in [-0.2, 0) is 12.8 Å². The number of hydrogen-bond donors (Lipinski definition) is 2. The average molecular weight is 303 g/mol. The van der Waals surface area contributed by atoms with Crippen molar-refractivity contribution in [3.05, 3.63) is 57.3 Å². The van der Waals surface area contributed by atoms with Gasteiger partial charge in [0.05, 0.1) is 10.4 Å². The summed E-state index contributed by atoms with van der Waals surface area (Å²) in [5.74, 6) is -1.05. The van der Waals surface area contributed by atoms with Gasteiger partial charge in [0.2, 0.25) is 0 Å². The highest BCUT2D eigenvalue weighted by atomic mass is 32.1. The highest BCUT2D eigenvalue weighted by molar-refractivity contribution is 7.14. The van der Waals surface area contributed by atoms with Crippen LogP contribution >= 0.6 is 11.3 Å². The summed E-state index contributed by atoms with van der Waals surface area (Å²) in [6, 6.07) is 10.6. The first kappa shape index (κ1) is 15.3. The number of amides is 1. The molecule has 0 aliphatic rings. The lowest BCUT2D eigenvalue weighted by molar-refractivity contribution is 0.0695. The number of carboxylic acids is 1. The Hall–Kier alpha value is -2.14. The highest BCUT2D eigenvalue weighted by Gasteiger charge is 2.11. The molecule has 21 heavy (non-hydrogen) atoms. The van der Waals surface area contributed by atoms with Gasteiger partial charge in [-0.2, -0.15) is 0 Å². The Kier molecular flexibility index (Phi) is 5.11. The Morgan fingerprint density at radius 1 is 1.19 bits per heavy atom. The molecule has 2 aromatic rings. The van der Waals surface area contributed by atoms with E-state index in [1.807, 2.05) is 12.1 Å². The van der Waals surface area contributed by atoms with E-state index < -0.39 is 5.97 Å². The van der Waals surface area contributed by atoms with Crippen molar-refractivity contribution < 1.29 is 14.7 Å². The van der Waals surface area contributed by atoms with Gasteiger partial charge in [0.1, 0.15) is 0 Å². The van der Waals surface area contributed by atoms with Crippen LogP contribution in [0.15, 0.2) is 36.4 Å². The zero-order valence-corrected chi connectivity index (χ0v) is 12.6. The third-order valence-corrected chi connectivity index (χ3v) is 4.39.